The molecule has 0 radical (unpaired) electrons. The lowest BCUT2D eigenvalue weighted by Gasteiger charge is -2.40. The van der Waals surface area contributed by atoms with Crippen LogP contribution in [0, 0.1) is 0 Å². The van der Waals surface area contributed by atoms with Gasteiger partial charge in [-0.1, -0.05) is 121 Å². The second-order valence-electron chi connectivity index (χ2n) is 7.26. The lowest BCUT2D eigenvalue weighted by molar-refractivity contribution is 0.234. The van der Waals surface area contributed by atoms with Crippen LogP contribution in [0.4, 0.5) is 0 Å². The van der Waals surface area contributed by atoms with Gasteiger partial charge in [-0.05, 0) is 25.5 Å². The molecule has 0 amide bonds. The van der Waals surface area contributed by atoms with E-state index in [9.17, 15) is 9.67 Å². The van der Waals surface area contributed by atoms with E-state index in [1.807, 2.05) is 121 Å². The van der Waals surface area contributed by atoms with Gasteiger partial charge in [0.2, 0.25) is 0 Å². The predicted octanol–water partition coefficient (Wildman–Crippen LogP) is 4.80. The standard InChI is InChI=1S/C26H24O2P2/c1-26(27,29(22-14-6-2-7-15-22)23-16-8-3-9-17-23)30(28,24-18-10-4-11-19-24)25-20-12-5-13-21-25/h2-21,27H,1H3. The van der Waals surface area contributed by atoms with Gasteiger partial charge in [0, 0.05) is 10.6 Å². The molecule has 4 aromatic rings. The summed E-state index contributed by atoms with van der Waals surface area (Å²) in [4.78, 5) is 0. The fourth-order valence-electron chi connectivity index (χ4n) is 3.85. The maximum atomic E-state index is 15.0. The Morgan fingerprint density at radius 3 is 1.23 bits per heavy atom. The zero-order valence-electron chi connectivity index (χ0n) is 16.8. The minimum absolute atomic E-state index is 0.667. The van der Waals surface area contributed by atoms with E-state index >= 15 is 0 Å². The second kappa shape index (κ2) is 8.70. The van der Waals surface area contributed by atoms with E-state index in [0.717, 1.165) is 10.6 Å². The molecule has 0 saturated carbocycles. The Balaban J connectivity index is 2.00. The Morgan fingerprint density at radius 2 is 0.900 bits per heavy atom. The molecular formula is C26H24O2P2. The average Bonchev–Trinajstić information content (AvgIpc) is 2.81. The van der Waals surface area contributed by atoms with Crippen molar-refractivity contribution in [1.82, 2.24) is 0 Å². The van der Waals surface area contributed by atoms with Gasteiger partial charge in [0.25, 0.3) is 0 Å². The third-order valence-corrected chi connectivity index (χ3v) is 12.5. The Bertz CT molecular complexity index is 1050. The Hall–Kier alpha value is -2.50. The molecule has 1 atom stereocenters. The summed E-state index contributed by atoms with van der Waals surface area (Å²) < 4.78 is 15.0. The minimum Gasteiger partial charge on any atom is -0.377 e. The summed E-state index contributed by atoms with van der Waals surface area (Å²) in [5, 5.41) is 14.1. The molecular weight excluding hydrogens is 406 g/mol. The monoisotopic (exact) mass is 430 g/mol. The van der Waals surface area contributed by atoms with Crippen LogP contribution >= 0.6 is 15.1 Å². The number of aliphatic hydroxyl groups is 1. The Labute approximate surface area is 179 Å². The minimum atomic E-state index is -3.43. The van der Waals surface area contributed by atoms with Crippen LogP contribution in [0.3, 0.4) is 0 Å². The summed E-state index contributed by atoms with van der Waals surface area (Å²) in [6, 6.07) is 38.7. The Kier molecular flexibility index (Phi) is 6.02. The lowest BCUT2D eigenvalue weighted by atomic mass is 10.4. The third-order valence-electron chi connectivity index (χ3n) is 5.29. The van der Waals surface area contributed by atoms with Gasteiger partial charge in [-0.3, -0.25) is 0 Å². The number of rotatable bonds is 6. The van der Waals surface area contributed by atoms with E-state index in [1.165, 1.54) is 0 Å². The zero-order chi connectivity index (χ0) is 21.0. The number of hydrogen-bond acceptors (Lipinski definition) is 2. The average molecular weight is 430 g/mol. The highest BCUT2D eigenvalue weighted by molar-refractivity contribution is 7.93. The Morgan fingerprint density at radius 1 is 0.600 bits per heavy atom. The first-order chi connectivity index (χ1) is 14.5. The number of hydrogen-bond donors (Lipinski definition) is 1. The molecule has 0 spiro atoms. The first-order valence-electron chi connectivity index (χ1n) is 9.89. The largest absolute Gasteiger partial charge is 0.377 e. The van der Waals surface area contributed by atoms with Crippen molar-refractivity contribution >= 4 is 36.3 Å². The molecule has 0 aliphatic rings. The summed E-state index contributed by atoms with van der Waals surface area (Å²) >= 11 is 0. The van der Waals surface area contributed by atoms with Crippen molar-refractivity contribution < 1.29 is 9.67 Å². The molecule has 0 heterocycles. The van der Waals surface area contributed by atoms with Crippen LogP contribution in [0.5, 0.6) is 0 Å². The first-order valence-corrected chi connectivity index (χ1v) is 12.9. The smallest absolute Gasteiger partial charge is 0.177 e. The van der Waals surface area contributed by atoms with E-state index < -0.39 is 20.1 Å². The second-order valence-corrected chi connectivity index (χ2v) is 13.3. The van der Waals surface area contributed by atoms with E-state index in [4.69, 9.17) is 0 Å². The fourth-order valence-corrected chi connectivity index (χ4v) is 11.0. The van der Waals surface area contributed by atoms with E-state index in [2.05, 4.69) is 0 Å². The van der Waals surface area contributed by atoms with Gasteiger partial charge >= 0.3 is 0 Å². The molecule has 150 valence electrons. The highest BCUT2D eigenvalue weighted by atomic mass is 31.2. The van der Waals surface area contributed by atoms with Crippen LogP contribution in [0.25, 0.3) is 0 Å². The predicted molar refractivity (Wildman–Crippen MR) is 129 cm³/mol. The molecule has 0 fully saturated rings. The van der Waals surface area contributed by atoms with Gasteiger partial charge in [-0.2, -0.15) is 0 Å². The van der Waals surface area contributed by atoms with Crippen LogP contribution in [0.15, 0.2) is 121 Å². The van der Waals surface area contributed by atoms with Crippen molar-refractivity contribution in [2.24, 2.45) is 0 Å². The summed E-state index contributed by atoms with van der Waals surface area (Å²) in [6.07, 6.45) is 0. The molecule has 0 bridgehead atoms. The summed E-state index contributed by atoms with van der Waals surface area (Å²) in [7, 11) is -4.77. The molecule has 0 aliphatic carbocycles. The lowest BCUT2D eigenvalue weighted by Crippen LogP contribution is -2.39. The zero-order valence-corrected chi connectivity index (χ0v) is 18.6. The molecule has 1 N–H and O–H groups in total. The molecule has 4 rings (SSSR count). The van der Waals surface area contributed by atoms with Crippen molar-refractivity contribution in [3.63, 3.8) is 0 Å². The van der Waals surface area contributed by atoms with Crippen LogP contribution < -0.4 is 21.2 Å². The summed E-state index contributed by atoms with van der Waals surface area (Å²) in [5.74, 6) is 0. The van der Waals surface area contributed by atoms with Gasteiger partial charge < -0.3 is 9.67 Å². The van der Waals surface area contributed by atoms with Crippen LogP contribution in [0.2, 0.25) is 0 Å². The van der Waals surface area contributed by atoms with E-state index in [0.29, 0.717) is 10.6 Å². The van der Waals surface area contributed by atoms with Crippen LogP contribution in [-0.4, -0.2) is 10.2 Å². The maximum absolute atomic E-state index is 15.0. The molecule has 0 aromatic heterocycles. The molecule has 0 aliphatic heterocycles. The summed E-state index contributed by atoms with van der Waals surface area (Å²) in [5.41, 5.74) is 0. The van der Waals surface area contributed by atoms with Gasteiger partial charge in [0.1, 0.15) is 5.08 Å². The van der Waals surface area contributed by atoms with Crippen molar-refractivity contribution in [2.45, 2.75) is 12.0 Å². The van der Waals surface area contributed by atoms with Gasteiger partial charge in [-0.15, -0.1) is 0 Å². The van der Waals surface area contributed by atoms with Crippen molar-refractivity contribution in [3.8, 4) is 0 Å². The van der Waals surface area contributed by atoms with Crippen molar-refractivity contribution in [2.75, 3.05) is 0 Å². The van der Waals surface area contributed by atoms with E-state index in [-0.39, 0.29) is 0 Å². The molecule has 30 heavy (non-hydrogen) atoms. The van der Waals surface area contributed by atoms with Gasteiger partial charge in [0.15, 0.2) is 7.14 Å². The van der Waals surface area contributed by atoms with Crippen LogP contribution in [-0.2, 0) is 4.57 Å². The molecule has 0 saturated heterocycles. The quantitative estimate of drug-likeness (QED) is 0.446. The van der Waals surface area contributed by atoms with Crippen LogP contribution in [0.1, 0.15) is 6.92 Å². The fraction of sp³-hybridized carbons (Fsp3) is 0.0769. The van der Waals surface area contributed by atoms with Gasteiger partial charge in [0.05, 0.1) is 0 Å². The van der Waals surface area contributed by atoms with E-state index in [1.54, 1.807) is 6.92 Å². The molecule has 4 aromatic carbocycles. The normalized spacial score (nSPS) is 13.7. The van der Waals surface area contributed by atoms with Gasteiger partial charge in [-0.25, -0.2) is 0 Å². The van der Waals surface area contributed by atoms with Crippen molar-refractivity contribution in [3.05, 3.63) is 121 Å². The number of benzene rings is 4. The summed E-state index contributed by atoms with van der Waals surface area (Å²) in [6.45, 7) is 1.75. The molecule has 1 unspecified atom stereocenters. The van der Waals surface area contributed by atoms with Crippen molar-refractivity contribution in [1.29, 1.82) is 0 Å². The topological polar surface area (TPSA) is 37.3 Å². The highest BCUT2D eigenvalue weighted by Gasteiger charge is 2.51. The highest BCUT2D eigenvalue weighted by Crippen LogP contribution is 2.68. The molecule has 4 heteroatoms. The SMILES string of the molecule is CC(O)(P(c1ccccc1)c1ccccc1)P(=O)(c1ccccc1)c1ccccc1. The maximum Gasteiger partial charge on any atom is 0.177 e. The molecule has 2 nitrogen and oxygen atoms in total. The first kappa shape index (κ1) is 20.8. The third kappa shape index (κ3) is 3.68.